The number of urea groups is 1. The maximum absolute atomic E-state index is 12.2. The molecule has 4 aromatic rings. The van der Waals surface area contributed by atoms with Gasteiger partial charge in [0, 0.05) is 34.4 Å². The van der Waals surface area contributed by atoms with Crippen LogP contribution in [0, 0.1) is 0 Å². The van der Waals surface area contributed by atoms with Gasteiger partial charge in [-0.3, -0.25) is 0 Å². The number of carbonyl (C=O) groups excluding carboxylic acids is 1. The lowest BCUT2D eigenvalue weighted by Gasteiger charge is -2.11. The molecule has 0 bridgehead atoms. The van der Waals surface area contributed by atoms with Crippen molar-refractivity contribution in [3.8, 4) is 22.5 Å². The van der Waals surface area contributed by atoms with Crippen molar-refractivity contribution in [3.05, 3.63) is 89.4 Å². The number of benzene rings is 3. The van der Waals surface area contributed by atoms with Gasteiger partial charge in [0.05, 0.1) is 17.1 Å². The van der Waals surface area contributed by atoms with Crippen LogP contribution in [0.2, 0.25) is 0 Å². The minimum Gasteiger partial charge on any atom is -0.338 e. The molecule has 0 saturated carbocycles. The number of imidazole rings is 1. The summed E-state index contributed by atoms with van der Waals surface area (Å²) in [6.45, 7) is 3.65. The van der Waals surface area contributed by atoms with E-state index in [9.17, 15) is 4.79 Å². The van der Waals surface area contributed by atoms with Gasteiger partial charge >= 0.3 is 6.03 Å². The first-order valence-corrected chi connectivity index (χ1v) is 13.6. The number of thioether (sulfide) groups is 1. The minimum absolute atomic E-state index is 0.189. The lowest BCUT2D eigenvalue weighted by atomic mass is 10.0. The zero-order chi connectivity index (χ0) is 24.5. The number of carbonyl (C=O) groups is 1. The third-order valence-electron chi connectivity index (χ3n) is 5.55. The topological polar surface area (TPSA) is 59.0 Å². The van der Waals surface area contributed by atoms with Gasteiger partial charge in [0.25, 0.3) is 0 Å². The predicted molar refractivity (Wildman–Crippen MR) is 150 cm³/mol. The van der Waals surface area contributed by atoms with Gasteiger partial charge in [-0.15, -0.1) is 0 Å². The average Bonchev–Trinajstić information content (AvgIpc) is 3.27. The fourth-order valence-corrected chi connectivity index (χ4v) is 5.29. The molecule has 2 amide bonds. The first-order valence-electron chi connectivity index (χ1n) is 11.8. The minimum atomic E-state index is -0.189. The number of nitrogens with zero attached hydrogens (tertiary/aromatic N) is 2. The van der Waals surface area contributed by atoms with Crippen molar-refractivity contribution < 1.29 is 4.79 Å². The molecule has 7 heteroatoms. The van der Waals surface area contributed by atoms with Crippen molar-refractivity contribution >= 4 is 39.4 Å². The van der Waals surface area contributed by atoms with Crippen LogP contribution in [-0.4, -0.2) is 27.9 Å². The second-order valence-corrected chi connectivity index (χ2v) is 9.90. The van der Waals surface area contributed by atoms with E-state index in [-0.39, 0.29) is 6.03 Å². The van der Waals surface area contributed by atoms with Crippen LogP contribution in [0.1, 0.15) is 19.8 Å². The average molecular weight is 550 g/mol. The maximum Gasteiger partial charge on any atom is 0.319 e. The Morgan fingerprint density at radius 1 is 0.914 bits per heavy atom. The molecule has 0 unspecified atom stereocenters. The van der Waals surface area contributed by atoms with Crippen LogP contribution in [0.4, 0.5) is 10.5 Å². The van der Waals surface area contributed by atoms with Crippen LogP contribution in [0.5, 0.6) is 0 Å². The maximum atomic E-state index is 12.2. The number of unbranched alkanes of at least 4 members (excludes halogenated alkanes) is 1. The van der Waals surface area contributed by atoms with E-state index in [1.807, 2.05) is 36.4 Å². The van der Waals surface area contributed by atoms with Crippen molar-refractivity contribution in [2.75, 3.05) is 17.6 Å². The molecule has 1 aromatic heterocycles. The summed E-state index contributed by atoms with van der Waals surface area (Å²) in [6, 6.07) is 28.3. The quantitative estimate of drug-likeness (QED) is 0.158. The Labute approximate surface area is 219 Å². The Kier molecular flexibility index (Phi) is 9.03. The smallest absolute Gasteiger partial charge is 0.319 e. The van der Waals surface area contributed by atoms with Crippen LogP contribution >= 0.6 is 27.7 Å². The van der Waals surface area contributed by atoms with Crippen molar-refractivity contribution in [2.45, 2.75) is 31.5 Å². The summed E-state index contributed by atoms with van der Waals surface area (Å²) in [6.07, 6.45) is 1.89. The second kappa shape index (κ2) is 12.6. The zero-order valence-corrected chi connectivity index (χ0v) is 22.1. The van der Waals surface area contributed by atoms with Crippen molar-refractivity contribution in [1.29, 1.82) is 0 Å². The largest absolute Gasteiger partial charge is 0.338 e. The van der Waals surface area contributed by atoms with Gasteiger partial charge in [-0.2, -0.15) is 0 Å². The van der Waals surface area contributed by atoms with Gasteiger partial charge < -0.3 is 15.2 Å². The second-order valence-electron chi connectivity index (χ2n) is 7.98. The van der Waals surface area contributed by atoms with Gasteiger partial charge in [-0.25, -0.2) is 9.78 Å². The SMILES string of the molecule is CCn1c(SCCCCNC(=O)Nc2ccccc2Br)nc(-c2ccccc2)c1-c1ccccc1. The fourth-order valence-electron chi connectivity index (χ4n) is 3.84. The van der Waals surface area contributed by atoms with Gasteiger partial charge in [0.1, 0.15) is 0 Å². The number of nitrogens with one attached hydrogen (secondary N) is 2. The van der Waals surface area contributed by atoms with Crippen LogP contribution in [0.3, 0.4) is 0 Å². The molecule has 0 fully saturated rings. The molecule has 0 aliphatic carbocycles. The van der Waals surface area contributed by atoms with E-state index in [0.717, 1.165) is 57.4 Å². The zero-order valence-electron chi connectivity index (χ0n) is 19.7. The first kappa shape index (κ1) is 25.1. The molecule has 35 heavy (non-hydrogen) atoms. The molecule has 0 atom stereocenters. The number of para-hydroxylation sites is 1. The van der Waals surface area contributed by atoms with Crippen molar-refractivity contribution in [3.63, 3.8) is 0 Å². The van der Waals surface area contributed by atoms with E-state index in [4.69, 9.17) is 4.98 Å². The van der Waals surface area contributed by atoms with Crippen LogP contribution < -0.4 is 10.6 Å². The number of amides is 2. The van der Waals surface area contributed by atoms with Crippen molar-refractivity contribution in [1.82, 2.24) is 14.9 Å². The summed E-state index contributed by atoms with van der Waals surface area (Å²) in [7, 11) is 0. The Balaban J connectivity index is 1.36. The summed E-state index contributed by atoms with van der Waals surface area (Å²) in [5.41, 5.74) is 5.24. The van der Waals surface area contributed by atoms with E-state index < -0.39 is 0 Å². The number of aromatic nitrogens is 2. The Hall–Kier alpha value is -3.03. The molecule has 5 nitrogen and oxygen atoms in total. The monoisotopic (exact) mass is 548 g/mol. The molecule has 0 spiro atoms. The van der Waals surface area contributed by atoms with E-state index >= 15 is 0 Å². The number of hydrogen-bond acceptors (Lipinski definition) is 3. The highest BCUT2D eigenvalue weighted by Gasteiger charge is 2.19. The van der Waals surface area contributed by atoms with Crippen LogP contribution in [0.25, 0.3) is 22.5 Å². The standard InChI is InChI=1S/C28H29BrN4OS/c1-2-33-26(22-15-7-4-8-16-22)25(21-13-5-3-6-14-21)32-28(33)35-20-12-11-19-30-27(34)31-24-18-10-9-17-23(24)29/h3-10,13-18H,2,11-12,19-20H2,1H3,(H2,30,31,34). The summed E-state index contributed by atoms with van der Waals surface area (Å²) >= 11 is 5.22. The highest BCUT2D eigenvalue weighted by atomic mass is 79.9. The van der Waals surface area contributed by atoms with Gasteiger partial charge in [0.2, 0.25) is 0 Å². The Morgan fingerprint density at radius 3 is 2.26 bits per heavy atom. The van der Waals surface area contributed by atoms with E-state index in [1.165, 1.54) is 5.56 Å². The summed E-state index contributed by atoms with van der Waals surface area (Å²) in [5, 5.41) is 6.83. The normalized spacial score (nSPS) is 10.8. The van der Waals surface area contributed by atoms with E-state index in [2.05, 4.69) is 86.6 Å². The number of anilines is 1. The molecule has 3 aromatic carbocycles. The van der Waals surface area contributed by atoms with Crippen LogP contribution in [0.15, 0.2) is 94.6 Å². The first-order chi connectivity index (χ1) is 17.2. The molecular weight excluding hydrogens is 520 g/mol. The Bertz CT molecular complexity index is 1240. The Morgan fingerprint density at radius 2 is 1.57 bits per heavy atom. The molecule has 180 valence electrons. The third kappa shape index (κ3) is 6.55. The molecule has 0 radical (unpaired) electrons. The summed E-state index contributed by atoms with van der Waals surface area (Å²) in [4.78, 5) is 17.2. The molecule has 2 N–H and O–H groups in total. The number of rotatable bonds is 10. The van der Waals surface area contributed by atoms with E-state index in [1.54, 1.807) is 11.8 Å². The van der Waals surface area contributed by atoms with Gasteiger partial charge in [-0.05, 0) is 47.8 Å². The molecular formula is C28H29BrN4OS. The number of halogens is 1. The molecule has 0 saturated heterocycles. The summed E-state index contributed by atoms with van der Waals surface area (Å²) in [5.74, 6) is 0.938. The lowest BCUT2D eigenvalue weighted by molar-refractivity contribution is 0.252. The van der Waals surface area contributed by atoms with Crippen LogP contribution in [-0.2, 0) is 6.54 Å². The predicted octanol–water partition coefficient (Wildman–Crippen LogP) is 7.69. The number of hydrogen-bond donors (Lipinski definition) is 2. The third-order valence-corrected chi connectivity index (χ3v) is 7.31. The highest BCUT2D eigenvalue weighted by molar-refractivity contribution is 9.10. The molecule has 0 aliphatic rings. The highest BCUT2D eigenvalue weighted by Crippen LogP contribution is 2.36. The fraction of sp³-hybridized carbons (Fsp3) is 0.214. The molecule has 4 rings (SSSR count). The van der Waals surface area contributed by atoms with Crippen molar-refractivity contribution in [2.24, 2.45) is 0 Å². The lowest BCUT2D eigenvalue weighted by Crippen LogP contribution is -2.29. The molecule has 1 heterocycles. The van der Waals surface area contributed by atoms with Gasteiger partial charge in [-0.1, -0.05) is 84.6 Å². The molecule has 0 aliphatic heterocycles. The summed E-state index contributed by atoms with van der Waals surface area (Å²) < 4.78 is 3.17. The van der Waals surface area contributed by atoms with E-state index in [0.29, 0.717) is 6.54 Å². The van der Waals surface area contributed by atoms with Gasteiger partial charge in [0.15, 0.2) is 5.16 Å².